The van der Waals surface area contributed by atoms with Crippen molar-refractivity contribution in [2.24, 2.45) is 0 Å². The van der Waals surface area contributed by atoms with Crippen molar-refractivity contribution in [1.29, 1.82) is 0 Å². The topological polar surface area (TPSA) is 154 Å². The molecule has 1 heterocycles. The maximum atomic E-state index is 12.7. The molecule has 2 aromatic carbocycles. The Morgan fingerprint density at radius 2 is 0.880 bits per heavy atom. The van der Waals surface area contributed by atoms with Crippen LogP contribution in [0.5, 0.6) is 0 Å². The lowest BCUT2D eigenvalue weighted by atomic mass is 10.2. The molecule has 2 atom stereocenters. The second-order valence-corrected chi connectivity index (χ2v) is 11.8. The third kappa shape index (κ3) is 17.7. The van der Waals surface area contributed by atoms with Gasteiger partial charge in [-0.15, -0.1) is 0 Å². The van der Waals surface area contributed by atoms with Crippen molar-refractivity contribution in [3.63, 3.8) is 0 Å². The van der Waals surface area contributed by atoms with Crippen LogP contribution >= 0.6 is 0 Å². The lowest BCUT2D eigenvalue weighted by Crippen LogP contribution is -2.46. The van der Waals surface area contributed by atoms with Gasteiger partial charge in [0.05, 0.1) is 65.9 Å². The van der Waals surface area contributed by atoms with Gasteiger partial charge in [0, 0.05) is 26.2 Å². The van der Waals surface area contributed by atoms with Crippen LogP contribution in [0.1, 0.15) is 25.0 Å². The first-order chi connectivity index (χ1) is 24.3. The number of rotatable bonds is 12. The van der Waals surface area contributed by atoms with E-state index in [4.69, 9.17) is 28.4 Å². The molecule has 276 valence electrons. The Hall–Kier alpha value is -3.92. The van der Waals surface area contributed by atoms with Crippen LogP contribution in [-0.4, -0.2) is 138 Å². The molecule has 50 heavy (non-hydrogen) atoms. The highest BCUT2D eigenvalue weighted by Crippen LogP contribution is 2.04. The van der Waals surface area contributed by atoms with E-state index in [1.165, 1.54) is 0 Å². The second-order valence-electron chi connectivity index (χ2n) is 11.8. The Balaban J connectivity index is 1.36. The van der Waals surface area contributed by atoms with E-state index in [1.54, 1.807) is 13.8 Å². The zero-order valence-corrected chi connectivity index (χ0v) is 29.2. The summed E-state index contributed by atoms with van der Waals surface area (Å²) >= 11 is 0. The molecule has 0 aliphatic carbocycles. The molecule has 14 nitrogen and oxygen atoms in total. The van der Waals surface area contributed by atoms with E-state index in [0.29, 0.717) is 79.0 Å². The zero-order chi connectivity index (χ0) is 35.8. The number of esters is 2. The maximum Gasteiger partial charge on any atom is 0.328 e. The fraction of sp³-hybridized carbons (Fsp3) is 0.556. The summed E-state index contributed by atoms with van der Waals surface area (Å²) in [7, 11) is 0. The van der Waals surface area contributed by atoms with Crippen LogP contribution in [0.2, 0.25) is 0 Å². The van der Waals surface area contributed by atoms with Crippen LogP contribution in [0, 0.1) is 0 Å². The Kier molecular flexibility index (Phi) is 19.7. The maximum absolute atomic E-state index is 12.7. The van der Waals surface area contributed by atoms with Crippen LogP contribution in [0.25, 0.3) is 0 Å². The van der Waals surface area contributed by atoms with E-state index in [2.05, 4.69) is 10.6 Å². The van der Waals surface area contributed by atoms with Crippen molar-refractivity contribution in [2.45, 2.75) is 39.1 Å². The van der Waals surface area contributed by atoms with Gasteiger partial charge in [0.2, 0.25) is 11.8 Å². The highest BCUT2D eigenvalue weighted by molar-refractivity contribution is 5.85. The van der Waals surface area contributed by atoms with Crippen molar-refractivity contribution in [3.8, 4) is 0 Å². The lowest BCUT2D eigenvalue weighted by Gasteiger charge is -2.24. The van der Waals surface area contributed by atoms with Gasteiger partial charge >= 0.3 is 11.9 Å². The van der Waals surface area contributed by atoms with Crippen molar-refractivity contribution in [1.82, 2.24) is 20.4 Å². The first kappa shape index (κ1) is 40.5. The summed E-state index contributed by atoms with van der Waals surface area (Å²) in [5.41, 5.74) is 1.73. The van der Waals surface area contributed by atoms with E-state index in [1.807, 2.05) is 70.5 Å². The first-order valence-corrected chi connectivity index (χ1v) is 17.1. The van der Waals surface area contributed by atoms with E-state index < -0.39 is 24.0 Å². The van der Waals surface area contributed by atoms with Crippen molar-refractivity contribution in [2.75, 3.05) is 92.1 Å². The van der Waals surface area contributed by atoms with Crippen molar-refractivity contribution >= 4 is 23.8 Å². The van der Waals surface area contributed by atoms with E-state index >= 15 is 0 Å². The summed E-state index contributed by atoms with van der Waals surface area (Å²) in [6.07, 6.45) is 0. The predicted molar refractivity (Wildman–Crippen MR) is 184 cm³/mol. The normalized spacial score (nSPS) is 17.6. The minimum atomic E-state index is -0.795. The second kappa shape index (κ2) is 24.3. The van der Waals surface area contributed by atoms with Crippen LogP contribution in [0.3, 0.4) is 0 Å². The van der Waals surface area contributed by atoms with Crippen LogP contribution in [-0.2, 0) is 60.8 Å². The summed E-state index contributed by atoms with van der Waals surface area (Å²) < 4.78 is 33.6. The monoisotopic (exact) mass is 700 g/mol. The molecule has 2 unspecified atom stereocenters. The molecule has 3 rings (SSSR count). The molecule has 2 N–H and O–H groups in total. The number of hydrogen-bond acceptors (Lipinski definition) is 12. The SMILES string of the molecule is CC(NC(=O)CN1CCOCCOCCN(CC(=O)NC(C)C(=O)OCc2ccccc2)CCOCCOCC1)C(=O)OCc1ccccc1. The van der Waals surface area contributed by atoms with Gasteiger partial charge in [0.15, 0.2) is 0 Å². The summed E-state index contributed by atoms with van der Waals surface area (Å²) in [6, 6.07) is 17.1. The highest BCUT2D eigenvalue weighted by atomic mass is 16.5. The van der Waals surface area contributed by atoms with Crippen molar-refractivity contribution in [3.05, 3.63) is 71.8 Å². The van der Waals surface area contributed by atoms with Crippen molar-refractivity contribution < 1.29 is 47.6 Å². The molecule has 1 aliphatic heterocycles. The average Bonchev–Trinajstić information content (AvgIpc) is 3.11. The van der Waals surface area contributed by atoms with Gasteiger partial charge in [0.1, 0.15) is 25.3 Å². The number of amides is 2. The van der Waals surface area contributed by atoms with Crippen LogP contribution < -0.4 is 10.6 Å². The number of benzene rings is 2. The third-order valence-corrected chi connectivity index (χ3v) is 7.60. The molecule has 2 amide bonds. The number of carbonyl (C=O) groups excluding carboxylic acids is 4. The number of nitrogens with one attached hydrogen (secondary N) is 2. The van der Waals surface area contributed by atoms with Gasteiger partial charge in [0.25, 0.3) is 0 Å². The van der Waals surface area contributed by atoms with Gasteiger partial charge in [-0.2, -0.15) is 0 Å². The first-order valence-electron chi connectivity index (χ1n) is 17.1. The van der Waals surface area contributed by atoms with Crippen LogP contribution in [0.15, 0.2) is 60.7 Å². The standard InChI is InChI=1S/C36H52N4O10/c1-29(35(43)49-27-31-9-5-3-6-10-31)37-33(41)25-39-13-17-45-21-23-47-19-15-40(16-20-48-24-22-46-18-14-39)26-34(42)38-30(2)36(44)50-28-32-11-7-4-8-12-32/h3-12,29-30H,13-28H2,1-2H3,(H,37,41)(H,38,42). The van der Waals surface area contributed by atoms with Gasteiger partial charge in [-0.25, -0.2) is 9.59 Å². The molecule has 1 fully saturated rings. The number of hydrogen-bond donors (Lipinski definition) is 2. The number of nitrogens with zero attached hydrogens (tertiary/aromatic N) is 2. The molecule has 0 aromatic heterocycles. The molecule has 0 bridgehead atoms. The smallest absolute Gasteiger partial charge is 0.328 e. The van der Waals surface area contributed by atoms with Gasteiger partial charge < -0.3 is 39.1 Å². The molecule has 2 aromatic rings. The summed E-state index contributed by atoms with van der Waals surface area (Å²) in [4.78, 5) is 54.1. The van der Waals surface area contributed by atoms with E-state index in [0.717, 1.165) is 11.1 Å². The molecular formula is C36H52N4O10. The molecule has 0 spiro atoms. The van der Waals surface area contributed by atoms with Gasteiger partial charge in [-0.1, -0.05) is 60.7 Å². The number of ether oxygens (including phenoxy) is 6. The molecule has 1 aliphatic rings. The molecule has 0 radical (unpaired) electrons. The fourth-order valence-electron chi connectivity index (χ4n) is 4.76. The minimum absolute atomic E-state index is 0.0626. The van der Waals surface area contributed by atoms with E-state index in [9.17, 15) is 19.2 Å². The Morgan fingerprint density at radius 1 is 0.560 bits per heavy atom. The molecule has 14 heteroatoms. The summed E-state index contributed by atoms with van der Waals surface area (Å²) in [5, 5.41) is 5.42. The van der Waals surface area contributed by atoms with Gasteiger partial charge in [-0.05, 0) is 25.0 Å². The van der Waals surface area contributed by atoms with E-state index in [-0.39, 0.29) is 38.1 Å². The fourth-order valence-corrected chi connectivity index (χ4v) is 4.76. The summed E-state index contributed by atoms with van der Waals surface area (Å²) in [6.45, 7) is 8.37. The highest BCUT2D eigenvalue weighted by Gasteiger charge is 2.21. The molecule has 0 saturated carbocycles. The minimum Gasteiger partial charge on any atom is -0.459 e. The largest absolute Gasteiger partial charge is 0.459 e. The quantitative estimate of drug-likeness (QED) is 0.306. The zero-order valence-electron chi connectivity index (χ0n) is 29.2. The lowest BCUT2D eigenvalue weighted by molar-refractivity contribution is -0.149. The Labute approximate surface area is 294 Å². The van der Waals surface area contributed by atoms with Crippen LogP contribution in [0.4, 0.5) is 0 Å². The third-order valence-electron chi connectivity index (χ3n) is 7.60. The predicted octanol–water partition coefficient (Wildman–Crippen LogP) is 1.17. The average molecular weight is 701 g/mol. The summed E-state index contributed by atoms with van der Waals surface area (Å²) in [5.74, 6) is -1.63. The van der Waals surface area contributed by atoms with Gasteiger partial charge in [-0.3, -0.25) is 19.4 Å². The Morgan fingerprint density at radius 3 is 1.20 bits per heavy atom. The number of carbonyl (C=O) groups is 4. The molecule has 1 saturated heterocycles. The molecular weight excluding hydrogens is 648 g/mol. The Bertz CT molecular complexity index is 1150.